The fourth-order valence-electron chi connectivity index (χ4n) is 2.89. The van der Waals surface area contributed by atoms with Gasteiger partial charge < -0.3 is 15.4 Å². The van der Waals surface area contributed by atoms with Gasteiger partial charge in [-0.25, -0.2) is 4.79 Å². The summed E-state index contributed by atoms with van der Waals surface area (Å²) in [6.07, 6.45) is 5.90. The molecule has 1 atom stereocenters. The van der Waals surface area contributed by atoms with E-state index in [-0.39, 0.29) is 23.6 Å². The summed E-state index contributed by atoms with van der Waals surface area (Å²) in [4.78, 5) is 36.1. The zero-order chi connectivity index (χ0) is 18.9. The van der Waals surface area contributed by atoms with E-state index in [1.54, 1.807) is 12.1 Å². The summed E-state index contributed by atoms with van der Waals surface area (Å²) in [6, 6.07) is 9.24. The fraction of sp³-hybridized carbons (Fsp3) is 0.450. The molecule has 26 heavy (non-hydrogen) atoms. The number of hydrogen-bond acceptors (Lipinski definition) is 4. The Hall–Kier alpha value is -2.63. The summed E-state index contributed by atoms with van der Waals surface area (Å²) < 4.78 is 5.25. The van der Waals surface area contributed by atoms with E-state index < -0.39 is 12.1 Å². The summed E-state index contributed by atoms with van der Waals surface area (Å²) in [5.41, 5.74) is 0.744. The van der Waals surface area contributed by atoms with Crippen LogP contribution < -0.4 is 10.6 Å². The minimum absolute atomic E-state index is 0.000941. The second kappa shape index (κ2) is 9.75. The van der Waals surface area contributed by atoms with E-state index >= 15 is 0 Å². The Morgan fingerprint density at radius 1 is 1.12 bits per heavy atom. The molecule has 1 aromatic carbocycles. The Balaban J connectivity index is 1.99. The Labute approximate surface area is 154 Å². The molecule has 6 nitrogen and oxygen atoms in total. The average molecular weight is 358 g/mol. The highest BCUT2D eigenvalue weighted by atomic mass is 16.5. The number of benzene rings is 1. The van der Waals surface area contributed by atoms with Gasteiger partial charge in [-0.15, -0.1) is 0 Å². The topological polar surface area (TPSA) is 84.5 Å². The van der Waals surface area contributed by atoms with Gasteiger partial charge in [-0.2, -0.15) is 0 Å². The van der Waals surface area contributed by atoms with Crippen LogP contribution in [-0.4, -0.2) is 29.9 Å². The summed E-state index contributed by atoms with van der Waals surface area (Å²) in [5.74, 6) is -1.44. The van der Waals surface area contributed by atoms with Crippen LogP contribution in [0.15, 0.2) is 36.0 Å². The summed E-state index contributed by atoms with van der Waals surface area (Å²) in [5, 5.41) is 5.40. The lowest BCUT2D eigenvalue weighted by atomic mass is 9.95. The minimum Gasteiger partial charge on any atom is -0.448 e. The largest absolute Gasteiger partial charge is 0.448 e. The van der Waals surface area contributed by atoms with Crippen LogP contribution in [0.3, 0.4) is 0 Å². The van der Waals surface area contributed by atoms with Crippen molar-refractivity contribution in [3.05, 3.63) is 41.6 Å². The molecular formula is C20H26N2O4. The number of nitrogens with one attached hydrogen (secondary N) is 2. The molecular weight excluding hydrogens is 332 g/mol. The summed E-state index contributed by atoms with van der Waals surface area (Å²) >= 11 is 0. The van der Waals surface area contributed by atoms with Gasteiger partial charge in [0.2, 0.25) is 5.91 Å². The zero-order valence-electron chi connectivity index (χ0n) is 15.3. The number of esters is 1. The molecule has 0 aliphatic heterocycles. The molecule has 2 N–H and O–H groups in total. The number of ether oxygens (including phenoxy) is 1. The van der Waals surface area contributed by atoms with Gasteiger partial charge in [-0.1, -0.05) is 49.6 Å². The first-order chi connectivity index (χ1) is 12.5. The van der Waals surface area contributed by atoms with Crippen LogP contribution in [0.2, 0.25) is 0 Å². The minimum atomic E-state index is -0.933. The maximum atomic E-state index is 12.4. The average Bonchev–Trinajstić information content (AvgIpc) is 2.62. The van der Waals surface area contributed by atoms with Gasteiger partial charge in [-0.05, 0) is 31.4 Å². The molecule has 0 spiro atoms. The maximum absolute atomic E-state index is 12.4. The molecule has 0 aromatic heterocycles. The van der Waals surface area contributed by atoms with Gasteiger partial charge in [0.05, 0.1) is 0 Å². The molecule has 0 heterocycles. The highest BCUT2D eigenvalue weighted by Crippen LogP contribution is 2.17. The molecule has 6 heteroatoms. The van der Waals surface area contributed by atoms with E-state index in [0.717, 1.165) is 31.2 Å². The maximum Gasteiger partial charge on any atom is 0.355 e. The highest BCUT2D eigenvalue weighted by Gasteiger charge is 2.24. The van der Waals surface area contributed by atoms with Gasteiger partial charge >= 0.3 is 5.97 Å². The van der Waals surface area contributed by atoms with Crippen molar-refractivity contribution >= 4 is 23.9 Å². The van der Waals surface area contributed by atoms with Crippen LogP contribution in [-0.2, 0) is 19.1 Å². The first kappa shape index (κ1) is 19.7. The predicted octanol–water partition coefficient (Wildman–Crippen LogP) is 2.54. The van der Waals surface area contributed by atoms with E-state index in [9.17, 15) is 14.4 Å². The lowest BCUT2D eigenvalue weighted by Gasteiger charge is -2.24. The second-order valence-corrected chi connectivity index (χ2v) is 6.54. The molecule has 2 rings (SSSR count). The van der Waals surface area contributed by atoms with Crippen LogP contribution in [0.5, 0.6) is 0 Å². The number of amides is 2. The summed E-state index contributed by atoms with van der Waals surface area (Å²) in [7, 11) is 0. The standard InChI is InChI=1S/C20H26N2O4/c1-14(19(24)22-17-11-7-4-8-12-17)26-20(25)18(21-15(2)23)13-16-9-5-3-6-10-16/h3,5-6,9-10,13-14,17H,4,7-8,11-12H2,1-2H3,(H,21,23)(H,22,24)/b18-13-/t14-/m0/s1. The van der Waals surface area contributed by atoms with Gasteiger partial charge in [0.1, 0.15) is 5.70 Å². The lowest BCUT2D eigenvalue weighted by molar-refractivity contribution is -0.152. The van der Waals surface area contributed by atoms with Crippen molar-refractivity contribution in [1.82, 2.24) is 10.6 Å². The van der Waals surface area contributed by atoms with Crippen molar-refractivity contribution in [3.63, 3.8) is 0 Å². The predicted molar refractivity (Wildman–Crippen MR) is 98.8 cm³/mol. The molecule has 2 amide bonds. The van der Waals surface area contributed by atoms with Crippen molar-refractivity contribution < 1.29 is 19.1 Å². The molecule has 1 aromatic rings. The smallest absolute Gasteiger partial charge is 0.355 e. The molecule has 0 bridgehead atoms. The van der Waals surface area contributed by atoms with Crippen molar-refractivity contribution in [2.75, 3.05) is 0 Å². The van der Waals surface area contributed by atoms with Crippen LogP contribution in [0.25, 0.3) is 6.08 Å². The van der Waals surface area contributed by atoms with Crippen LogP contribution in [0, 0.1) is 0 Å². The third-order valence-corrected chi connectivity index (χ3v) is 4.25. The lowest BCUT2D eigenvalue weighted by Crippen LogP contribution is -2.43. The number of carbonyl (C=O) groups is 3. The van der Waals surface area contributed by atoms with E-state index in [1.165, 1.54) is 26.3 Å². The number of rotatable bonds is 6. The van der Waals surface area contributed by atoms with Crippen LogP contribution in [0.1, 0.15) is 51.5 Å². The van der Waals surface area contributed by atoms with Gasteiger partial charge in [0.25, 0.3) is 5.91 Å². The second-order valence-electron chi connectivity index (χ2n) is 6.54. The molecule has 0 radical (unpaired) electrons. The normalized spacial score (nSPS) is 16.5. The summed E-state index contributed by atoms with van der Waals surface area (Å²) in [6.45, 7) is 2.84. The molecule has 1 aliphatic rings. The van der Waals surface area contributed by atoms with Crippen LogP contribution >= 0.6 is 0 Å². The Bertz CT molecular complexity index is 664. The SMILES string of the molecule is CC(=O)N/C(=C\c1ccccc1)C(=O)O[C@@H](C)C(=O)NC1CCCCC1. The van der Waals surface area contributed by atoms with E-state index in [1.807, 2.05) is 18.2 Å². The number of carbonyl (C=O) groups excluding carboxylic acids is 3. The molecule has 140 valence electrons. The van der Waals surface area contributed by atoms with E-state index in [0.29, 0.717) is 0 Å². The Morgan fingerprint density at radius 2 is 1.77 bits per heavy atom. The van der Waals surface area contributed by atoms with Gasteiger partial charge in [-0.3, -0.25) is 9.59 Å². The third-order valence-electron chi connectivity index (χ3n) is 4.25. The first-order valence-corrected chi connectivity index (χ1v) is 9.01. The first-order valence-electron chi connectivity index (χ1n) is 9.01. The van der Waals surface area contributed by atoms with Gasteiger partial charge in [0, 0.05) is 13.0 Å². The quantitative estimate of drug-likeness (QED) is 0.605. The van der Waals surface area contributed by atoms with Crippen molar-refractivity contribution in [3.8, 4) is 0 Å². The zero-order valence-corrected chi connectivity index (χ0v) is 15.3. The molecule has 0 unspecified atom stereocenters. The third kappa shape index (κ3) is 6.35. The van der Waals surface area contributed by atoms with Crippen molar-refractivity contribution in [1.29, 1.82) is 0 Å². The van der Waals surface area contributed by atoms with Crippen LogP contribution in [0.4, 0.5) is 0 Å². The monoisotopic (exact) mass is 358 g/mol. The van der Waals surface area contributed by atoms with Crippen molar-refractivity contribution in [2.45, 2.75) is 58.1 Å². The number of hydrogen-bond donors (Lipinski definition) is 2. The Kier molecular flexibility index (Phi) is 7.38. The van der Waals surface area contributed by atoms with Gasteiger partial charge in [0.15, 0.2) is 6.10 Å². The molecule has 0 saturated heterocycles. The molecule has 1 fully saturated rings. The fourth-order valence-corrected chi connectivity index (χ4v) is 2.89. The van der Waals surface area contributed by atoms with E-state index in [4.69, 9.17) is 4.74 Å². The molecule has 1 saturated carbocycles. The highest BCUT2D eigenvalue weighted by molar-refractivity contribution is 5.98. The van der Waals surface area contributed by atoms with E-state index in [2.05, 4.69) is 10.6 Å². The molecule has 1 aliphatic carbocycles. The Morgan fingerprint density at radius 3 is 2.38 bits per heavy atom. The van der Waals surface area contributed by atoms with Crippen molar-refractivity contribution in [2.24, 2.45) is 0 Å².